The largest absolute Gasteiger partial charge is 0.398 e. The first-order chi connectivity index (χ1) is 8.90. The molecule has 0 saturated carbocycles. The lowest BCUT2D eigenvalue weighted by atomic mass is 10.3. The summed E-state index contributed by atoms with van der Waals surface area (Å²) >= 11 is 0. The maximum Gasteiger partial charge on any atom is 0.245 e. The predicted molar refractivity (Wildman–Crippen MR) is 68.0 cm³/mol. The molecule has 0 aliphatic heterocycles. The molecule has 0 aliphatic carbocycles. The van der Waals surface area contributed by atoms with E-state index in [2.05, 4.69) is 9.82 Å². The lowest BCUT2D eigenvalue weighted by Gasteiger charge is -2.08. The number of halogens is 1. The Hall–Kier alpha value is -1.93. The van der Waals surface area contributed by atoms with Crippen molar-refractivity contribution in [1.82, 2.24) is 14.5 Å². The van der Waals surface area contributed by atoms with Crippen molar-refractivity contribution >= 4 is 15.7 Å². The van der Waals surface area contributed by atoms with Gasteiger partial charge in [-0.1, -0.05) is 6.07 Å². The zero-order valence-corrected chi connectivity index (χ0v) is 11.0. The Balaban J connectivity index is 2.23. The van der Waals surface area contributed by atoms with E-state index in [9.17, 15) is 12.8 Å². The molecule has 2 rings (SSSR count). The van der Waals surface area contributed by atoms with Gasteiger partial charge in [0.05, 0.1) is 17.9 Å². The van der Waals surface area contributed by atoms with E-state index in [4.69, 9.17) is 5.73 Å². The van der Waals surface area contributed by atoms with Crippen LogP contribution in [0.4, 0.5) is 10.1 Å². The van der Waals surface area contributed by atoms with Crippen molar-refractivity contribution in [3.63, 3.8) is 0 Å². The maximum absolute atomic E-state index is 13.6. The quantitative estimate of drug-likeness (QED) is 0.805. The summed E-state index contributed by atoms with van der Waals surface area (Å²) in [6.45, 7) is -0.0308. The third kappa shape index (κ3) is 2.91. The highest BCUT2D eigenvalue weighted by molar-refractivity contribution is 7.89. The van der Waals surface area contributed by atoms with Gasteiger partial charge in [-0.3, -0.25) is 4.68 Å². The number of aromatic nitrogens is 2. The molecule has 1 aromatic heterocycles. The Kier molecular flexibility index (Phi) is 3.54. The van der Waals surface area contributed by atoms with Crippen LogP contribution in [0, 0.1) is 5.82 Å². The van der Waals surface area contributed by atoms with Crippen molar-refractivity contribution in [2.45, 2.75) is 11.4 Å². The second kappa shape index (κ2) is 4.98. The summed E-state index contributed by atoms with van der Waals surface area (Å²) in [5.74, 6) is -0.881. The van der Waals surface area contributed by atoms with Gasteiger partial charge >= 0.3 is 0 Å². The van der Waals surface area contributed by atoms with Gasteiger partial charge in [0, 0.05) is 13.2 Å². The van der Waals surface area contributed by atoms with Crippen LogP contribution < -0.4 is 10.5 Å². The van der Waals surface area contributed by atoms with E-state index in [-0.39, 0.29) is 12.2 Å². The van der Waals surface area contributed by atoms with Crippen LogP contribution in [0.3, 0.4) is 0 Å². The maximum atomic E-state index is 13.6. The molecule has 0 unspecified atom stereocenters. The third-order valence-electron chi connectivity index (χ3n) is 2.48. The third-order valence-corrected chi connectivity index (χ3v) is 3.97. The number of hydrogen-bond acceptors (Lipinski definition) is 4. The number of hydrogen-bond donors (Lipinski definition) is 2. The molecule has 102 valence electrons. The molecule has 1 heterocycles. The van der Waals surface area contributed by atoms with Crippen molar-refractivity contribution in [3.8, 4) is 0 Å². The van der Waals surface area contributed by atoms with E-state index in [0.717, 1.165) is 6.07 Å². The number of nitrogen functional groups attached to an aromatic ring is 1. The molecule has 0 aliphatic rings. The summed E-state index contributed by atoms with van der Waals surface area (Å²) in [5.41, 5.74) is 5.90. The fraction of sp³-hybridized carbons (Fsp3) is 0.182. The first-order valence-corrected chi connectivity index (χ1v) is 6.90. The van der Waals surface area contributed by atoms with E-state index in [1.54, 1.807) is 24.0 Å². The van der Waals surface area contributed by atoms with Gasteiger partial charge in [-0.05, 0) is 18.2 Å². The molecular weight excluding hydrogens is 271 g/mol. The number of nitrogens with zero attached hydrogens (tertiary/aromatic N) is 2. The topological polar surface area (TPSA) is 90.0 Å². The molecular formula is C11H13FN4O2S. The molecule has 0 spiro atoms. The Labute approximate surface area is 110 Å². The van der Waals surface area contributed by atoms with Crippen molar-refractivity contribution in [2.24, 2.45) is 7.05 Å². The van der Waals surface area contributed by atoms with Crippen molar-refractivity contribution < 1.29 is 12.8 Å². The number of aryl methyl sites for hydroxylation is 1. The molecule has 0 bridgehead atoms. The van der Waals surface area contributed by atoms with E-state index in [0.29, 0.717) is 5.69 Å². The second-order valence-corrected chi connectivity index (χ2v) is 5.67. The molecule has 8 heteroatoms. The molecule has 2 aromatic rings. The molecule has 19 heavy (non-hydrogen) atoms. The minimum Gasteiger partial charge on any atom is -0.398 e. The molecule has 0 amide bonds. The molecule has 0 atom stereocenters. The van der Waals surface area contributed by atoms with Crippen LogP contribution in [0.1, 0.15) is 5.69 Å². The fourth-order valence-electron chi connectivity index (χ4n) is 1.61. The summed E-state index contributed by atoms with van der Waals surface area (Å²) < 4.78 is 41.3. The van der Waals surface area contributed by atoms with Gasteiger partial charge < -0.3 is 5.73 Å². The molecule has 0 fully saturated rings. The van der Waals surface area contributed by atoms with E-state index in [1.165, 1.54) is 12.1 Å². The highest BCUT2D eigenvalue weighted by Crippen LogP contribution is 2.21. The van der Waals surface area contributed by atoms with Crippen molar-refractivity contribution in [1.29, 1.82) is 0 Å². The van der Waals surface area contributed by atoms with Crippen molar-refractivity contribution in [3.05, 3.63) is 42.0 Å². The number of rotatable bonds is 4. The average Bonchev–Trinajstić information content (AvgIpc) is 2.72. The fourth-order valence-corrected chi connectivity index (χ4v) is 2.79. The zero-order valence-electron chi connectivity index (χ0n) is 10.2. The SMILES string of the molecule is Cn1ccc(CNS(=O)(=O)c2c(N)cccc2F)n1. The van der Waals surface area contributed by atoms with Crippen LogP contribution in [-0.4, -0.2) is 18.2 Å². The normalized spacial score (nSPS) is 11.7. The number of anilines is 1. The zero-order chi connectivity index (χ0) is 14.0. The summed E-state index contributed by atoms with van der Waals surface area (Å²) in [4.78, 5) is -0.536. The van der Waals surface area contributed by atoms with Crippen LogP contribution in [0.5, 0.6) is 0 Å². The average molecular weight is 284 g/mol. The summed E-state index contributed by atoms with van der Waals surface area (Å²) in [5, 5.41) is 4.02. The van der Waals surface area contributed by atoms with Crippen LogP contribution in [0.25, 0.3) is 0 Å². The molecule has 6 nitrogen and oxygen atoms in total. The standard InChI is InChI=1S/C11H13FN4O2S/c1-16-6-5-8(15-16)7-14-19(17,18)11-9(12)3-2-4-10(11)13/h2-6,14H,7,13H2,1H3. The van der Waals surface area contributed by atoms with Crippen LogP contribution >= 0.6 is 0 Å². The van der Waals surface area contributed by atoms with Gasteiger partial charge in [0.2, 0.25) is 10.0 Å². The number of nitrogens with one attached hydrogen (secondary N) is 1. The van der Waals surface area contributed by atoms with Gasteiger partial charge in [0.1, 0.15) is 10.7 Å². The molecule has 1 aromatic carbocycles. The lowest BCUT2D eigenvalue weighted by Crippen LogP contribution is -2.25. The van der Waals surface area contributed by atoms with Crippen molar-refractivity contribution in [2.75, 3.05) is 5.73 Å². The van der Waals surface area contributed by atoms with E-state index < -0.39 is 20.7 Å². The van der Waals surface area contributed by atoms with E-state index >= 15 is 0 Å². The Morgan fingerprint density at radius 1 is 1.42 bits per heavy atom. The first kappa shape index (κ1) is 13.5. The monoisotopic (exact) mass is 284 g/mol. The van der Waals surface area contributed by atoms with Crippen LogP contribution in [0.2, 0.25) is 0 Å². The first-order valence-electron chi connectivity index (χ1n) is 5.42. The number of benzene rings is 1. The molecule has 0 radical (unpaired) electrons. The molecule has 0 saturated heterocycles. The lowest BCUT2D eigenvalue weighted by molar-refractivity contribution is 0.557. The van der Waals surface area contributed by atoms with Gasteiger partial charge in [0.15, 0.2) is 0 Å². The summed E-state index contributed by atoms with van der Waals surface area (Å²) in [6.07, 6.45) is 1.68. The summed E-state index contributed by atoms with van der Waals surface area (Å²) in [7, 11) is -2.29. The molecule has 3 N–H and O–H groups in total. The minimum absolute atomic E-state index is 0.0308. The van der Waals surface area contributed by atoms with Gasteiger partial charge in [-0.25, -0.2) is 17.5 Å². The van der Waals surface area contributed by atoms with Crippen LogP contribution in [-0.2, 0) is 23.6 Å². The predicted octanol–water partition coefficient (Wildman–Crippen LogP) is 0.620. The smallest absolute Gasteiger partial charge is 0.245 e. The minimum atomic E-state index is -4.01. The van der Waals surface area contributed by atoms with Gasteiger partial charge in [0.25, 0.3) is 0 Å². The Morgan fingerprint density at radius 2 is 2.16 bits per heavy atom. The van der Waals surface area contributed by atoms with Gasteiger partial charge in [-0.2, -0.15) is 5.10 Å². The van der Waals surface area contributed by atoms with E-state index in [1.807, 2.05) is 0 Å². The highest BCUT2D eigenvalue weighted by atomic mass is 32.2. The Bertz CT molecular complexity index is 676. The van der Waals surface area contributed by atoms with Crippen LogP contribution in [0.15, 0.2) is 35.4 Å². The number of nitrogens with two attached hydrogens (primary N) is 1. The Morgan fingerprint density at radius 3 is 2.74 bits per heavy atom. The highest BCUT2D eigenvalue weighted by Gasteiger charge is 2.22. The number of sulfonamides is 1. The summed E-state index contributed by atoms with van der Waals surface area (Å²) in [6, 6.07) is 5.39. The second-order valence-electron chi connectivity index (χ2n) is 3.96. The van der Waals surface area contributed by atoms with Gasteiger partial charge in [-0.15, -0.1) is 0 Å².